The lowest BCUT2D eigenvalue weighted by molar-refractivity contribution is -0.385. The molecule has 0 aliphatic carbocycles. The van der Waals surface area contributed by atoms with Gasteiger partial charge in [-0.25, -0.2) is 9.59 Å². The molecule has 3 rings (SSSR count). The number of hydrogen-bond donors (Lipinski definition) is 1. The number of aromatic amines is 1. The maximum absolute atomic E-state index is 12.4. The summed E-state index contributed by atoms with van der Waals surface area (Å²) in [4.78, 5) is 48.8. The molecule has 0 amide bonds. The van der Waals surface area contributed by atoms with Crippen molar-refractivity contribution in [2.75, 3.05) is 13.7 Å². The number of carbonyl (C=O) groups is 1. The van der Waals surface area contributed by atoms with Crippen LogP contribution in [0.25, 0.3) is 10.9 Å². The second-order valence-electron chi connectivity index (χ2n) is 5.69. The number of fused-ring (bicyclic) bond motifs is 1. The van der Waals surface area contributed by atoms with Gasteiger partial charge in [0.25, 0.3) is 5.56 Å². The molecule has 11 heteroatoms. The molecule has 0 fully saturated rings. The highest BCUT2D eigenvalue weighted by Gasteiger charge is 2.17. The Morgan fingerprint density at radius 3 is 2.76 bits per heavy atom. The number of carbonyl (C=O) groups excluding carboxylic acids is 1. The summed E-state index contributed by atoms with van der Waals surface area (Å²) < 4.78 is 10.1. The van der Waals surface area contributed by atoms with Crippen LogP contribution in [-0.2, 0) is 9.53 Å². The van der Waals surface area contributed by atoms with Crippen LogP contribution in [0.5, 0.6) is 5.75 Å². The summed E-state index contributed by atoms with van der Waals surface area (Å²) in [5, 5.41) is 15.4. The molecule has 0 unspecified atom stereocenters. The first kappa shape index (κ1) is 19.5. The van der Waals surface area contributed by atoms with Crippen molar-refractivity contribution >= 4 is 28.8 Å². The van der Waals surface area contributed by atoms with Gasteiger partial charge in [0.15, 0.2) is 12.4 Å². The lowest BCUT2D eigenvalue weighted by atomic mass is 10.2. The number of aromatic nitrogens is 2. The van der Waals surface area contributed by atoms with Gasteiger partial charge in [-0.3, -0.25) is 14.9 Å². The van der Waals surface area contributed by atoms with Crippen LogP contribution in [0.3, 0.4) is 0 Å². The average Bonchev–Trinajstić information content (AvgIpc) is 2.72. The molecule has 3 aromatic rings. The first-order valence-electron chi connectivity index (χ1n) is 8.17. The van der Waals surface area contributed by atoms with Crippen molar-refractivity contribution in [3.8, 4) is 5.75 Å². The van der Waals surface area contributed by atoms with Crippen molar-refractivity contribution in [1.82, 2.24) is 9.66 Å². The molecule has 0 aliphatic heterocycles. The van der Waals surface area contributed by atoms with E-state index in [0.29, 0.717) is 10.2 Å². The number of rotatable bonds is 6. The zero-order chi connectivity index (χ0) is 21.0. The van der Waals surface area contributed by atoms with Crippen molar-refractivity contribution in [1.29, 1.82) is 0 Å². The Labute approximate surface area is 162 Å². The Morgan fingerprint density at radius 2 is 2.03 bits per heavy atom. The topological polar surface area (TPSA) is 146 Å². The number of nitrogens with zero attached hydrogens (tertiary/aromatic N) is 3. The van der Waals surface area contributed by atoms with Gasteiger partial charge in [0.2, 0.25) is 0 Å². The third kappa shape index (κ3) is 4.18. The Morgan fingerprint density at radius 1 is 1.28 bits per heavy atom. The normalized spacial score (nSPS) is 10.9. The smallest absolute Gasteiger partial charge is 0.349 e. The van der Waals surface area contributed by atoms with E-state index in [9.17, 15) is 24.5 Å². The highest BCUT2D eigenvalue weighted by molar-refractivity contribution is 5.82. The zero-order valence-corrected chi connectivity index (χ0v) is 15.0. The molecule has 148 valence electrons. The molecule has 1 aromatic heterocycles. The van der Waals surface area contributed by atoms with Crippen molar-refractivity contribution in [2.24, 2.45) is 5.10 Å². The number of methoxy groups -OCH3 is 1. The average molecular weight is 398 g/mol. The van der Waals surface area contributed by atoms with Gasteiger partial charge in [0, 0.05) is 11.6 Å². The standard InChI is InChI=1S/C18H14N4O7/c1-28-16(23)10-29-15-7-6-11(8-14(15)22(26)27)9-19-21-17(24)12-4-2-3-5-13(12)20-18(21)25/h2-9H,10H2,1H3,(H,20,25). The molecule has 1 heterocycles. The molecule has 0 aliphatic rings. The molecule has 11 nitrogen and oxygen atoms in total. The van der Waals surface area contributed by atoms with Gasteiger partial charge in [-0.1, -0.05) is 12.1 Å². The number of nitrogens with one attached hydrogen (secondary N) is 1. The minimum absolute atomic E-state index is 0.140. The highest BCUT2D eigenvalue weighted by Crippen LogP contribution is 2.27. The van der Waals surface area contributed by atoms with Crippen LogP contribution in [0.4, 0.5) is 5.69 Å². The number of esters is 1. The third-order valence-electron chi connectivity index (χ3n) is 3.86. The maximum Gasteiger partial charge on any atom is 0.349 e. The van der Waals surface area contributed by atoms with E-state index >= 15 is 0 Å². The monoisotopic (exact) mass is 398 g/mol. The fraction of sp³-hybridized carbons (Fsp3) is 0.111. The minimum Gasteiger partial charge on any atom is -0.475 e. The molecule has 0 radical (unpaired) electrons. The number of nitro benzene ring substituents is 1. The van der Waals surface area contributed by atoms with E-state index in [1.54, 1.807) is 18.2 Å². The van der Waals surface area contributed by atoms with Crippen molar-refractivity contribution in [3.05, 3.63) is 79.0 Å². The number of nitro groups is 1. The molecule has 1 N–H and O–H groups in total. The molecule has 29 heavy (non-hydrogen) atoms. The van der Waals surface area contributed by atoms with Gasteiger partial charge in [-0.15, -0.1) is 4.68 Å². The first-order chi connectivity index (χ1) is 13.9. The van der Waals surface area contributed by atoms with Crippen molar-refractivity contribution in [2.45, 2.75) is 0 Å². The van der Waals surface area contributed by atoms with E-state index in [2.05, 4.69) is 14.8 Å². The Kier molecular flexibility index (Phi) is 5.49. The maximum atomic E-state index is 12.4. The molecular weight excluding hydrogens is 384 g/mol. The molecule has 0 saturated heterocycles. The van der Waals surface area contributed by atoms with Crippen LogP contribution in [-0.4, -0.2) is 40.5 Å². The Bertz CT molecular complexity index is 1240. The lowest BCUT2D eigenvalue weighted by Crippen LogP contribution is -2.32. The highest BCUT2D eigenvalue weighted by atomic mass is 16.6. The fourth-order valence-electron chi connectivity index (χ4n) is 2.46. The minimum atomic E-state index is -0.752. The second kappa shape index (κ2) is 8.17. The van der Waals surface area contributed by atoms with Crippen LogP contribution < -0.4 is 16.0 Å². The van der Waals surface area contributed by atoms with Gasteiger partial charge in [0.1, 0.15) is 0 Å². The summed E-state index contributed by atoms with van der Waals surface area (Å²) in [6, 6.07) is 10.3. The van der Waals surface area contributed by atoms with Crippen LogP contribution >= 0.6 is 0 Å². The van der Waals surface area contributed by atoms with E-state index in [-0.39, 0.29) is 16.7 Å². The molecule has 2 aromatic carbocycles. The van der Waals surface area contributed by atoms with Crippen LogP contribution in [0.1, 0.15) is 5.56 Å². The molecule has 0 spiro atoms. The number of hydrogen-bond acceptors (Lipinski definition) is 8. The summed E-state index contributed by atoms with van der Waals surface area (Å²) in [7, 11) is 1.16. The number of H-pyrrole nitrogens is 1. The summed E-state index contributed by atoms with van der Waals surface area (Å²) in [5.41, 5.74) is -1.19. The van der Waals surface area contributed by atoms with Gasteiger partial charge < -0.3 is 14.5 Å². The predicted molar refractivity (Wildman–Crippen MR) is 102 cm³/mol. The number of para-hydroxylation sites is 1. The Balaban J connectivity index is 1.95. The van der Waals surface area contributed by atoms with Crippen molar-refractivity contribution in [3.63, 3.8) is 0 Å². The summed E-state index contributed by atoms with van der Waals surface area (Å²) >= 11 is 0. The van der Waals surface area contributed by atoms with Crippen molar-refractivity contribution < 1.29 is 19.2 Å². The van der Waals surface area contributed by atoms with Crippen LogP contribution in [0.2, 0.25) is 0 Å². The molecular formula is C18H14N4O7. The fourth-order valence-corrected chi connectivity index (χ4v) is 2.46. The number of ether oxygens (including phenoxy) is 2. The predicted octanol–water partition coefficient (Wildman–Crippen LogP) is 1.03. The van der Waals surface area contributed by atoms with E-state index in [4.69, 9.17) is 4.74 Å². The van der Waals surface area contributed by atoms with E-state index in [1.807, 2.05) is 0 Å². The molecule has 0 saturated carbocycles. The SMILES string of the molecule is COC(=O)COc1ccc(C=Nn2c(=O)[nH]c3ccccc3c2=O)cc1[N+](=O)[O-]. The molecule has 0 bridgehead atoms. The largest absolute Gasteiger partial charge is 0.475 e. The van der Waals surface area contributed by atoms with Gasteiger partial charge in [0.05, 0.1) is 29.2 Å². The van der Waals surface area contributed by atoms with E-state index in [0.717, 1.165) is 19.4 Å². The molecule has 0 atom stereocenters. The second-order valence-corrected chi connectivity index (χ2v) is 5.69. The number of benzene rings is 2. The summed E-state index contributed by atoms with van der Waals surface area (Å²) in [5.74, 6) is -0.835. The first-order valence-corrected chi connectivity index (χ1v) is 8.17. The van der Waals surface area contributed by atoms with Gasteiger partial charge in [-0.2, -0.15) is 5.10 Å². The van der Waals surface area contributed by atoms with Crippen LogP contribution in [0.15, 0.2) is 57.2 Å². The van der Waals surface area contributed by atoms with Gasteiger partial charge >= 0.3 is 17.3 Å². The zero-order valence-electron chi connectivity index (χ0n) is 15.0. The third-order valence-corrected chi connectivity index (χ3v) is 3.86. The van der Waals surface area contributed by atoms with Gasteiger partial charge in [-0.05, 0) is 24.3 Å². The lowest BCUT2D eigenvalue weighted by Gasteiger charge is -2.06. The Hall–Kier alpha value is -4.28. The van der Waals surface area contributed by atoms with E-state index < -0.39 is 34.4 Å². The van der Waals surface area contributed by atoms with E-state index in [1.165, 1.54) is 18.2 Å². The van der Waals surface area contributed by atoms with Crippen LogP contribution in [0, 0.1) is 10.1 Å². The quantitative estimate of drug-likeness (QED) is 0.282. The summed E-state index contributed by atoms with van der Waals surface area (Å²) in [6.07, 6.45) is 1.13. The summed E-state index contributed by atoms with van der Waals surface area (Å²) in [6.45, 7) is -0.493.